The molecule has 2 saturated heterocycles. The minimum atomic E-state index is 0.196. The van der Waals surface area contributed by atoms with E-state index in [4.69, 9.17) is 0 Å². The van der Waals surface area contributed by atoms with Crippen LogP contribution in [0, 0.1) is 5.92 Å². The van der Waals surface area contributed by atoms with E-state index in [1.807, 2.05) is 10.9 Å². The van der Waals surface area contributed by atoms with Gasteiger partial charge in [0, 0.05) is 30.2 Å². The van der Waals surface area contributed by atoms with Gasteiger partial charge in [-0.25, -0.2) is 0 Å². The Morgan fingerprint density at radius 3 is 2.63 bits per heavy atom. The van der Waals surface area contributed by atoms with Crippen LogP contribution in [0.2, 0.25) is 0 Å². The van der Waals surface area contributed by atoms with E-state index in [0.29, 0.717) is 23.9 Å². The number of Topliss-reactive ketones (excluding diaryl/α,β-unsaturated/α-hetero) is 1. The molecule has 3 heterocycles. The monoisotopic (exact) mass is 261 g/mol. The molecule has 2 atom stereocenters. The van der Waals surface area contributed by atoms with Gasteiger partial charge in [-0.2, -0.15) is 5.10 Å². The number of carbonyl (C=O) groups excluding carboxylic acids is 1. The SMILES string of the molecule is CC(C)n1cc(C(=O)C2CC3CCCC(C2)N3)cn1. The molecule has 2 fully saturated rings. The summed E-state index contributed by atoms with van der Waals surface area (Å²) in [6.07, 6.45) is 9.42. The molecule has 1 aromatic heterocycles. The summed E-state index contributed by atoms with van der Waals surface area (Å²) >= 11 is 0. The van der Waals surface area contributed by atoms with E-state index in [0.717, 1.165) is 18.4 Å². The quantitative estimate of drug-likeness (QED) is 0.851. The van der Waals surface area contributed by atoms with Crippen LogP contribution in [0.15, 0.2) is 12.4 Å². The number of nitrogens with zero attached hydrogens (tertiary/aromatic N) is 2. The van der Waals surface area contributed by atoms with Gasteiger partial charge >= 0.3 is 0 Å². The molecule has 0 saturated carbocycles. The number of fused-ring (bicyclic) bond motifs is 2. The lowest BCUT2D eigenvalue weighted by molar-refractivity contribution is 0.0825. The summed E-state index contributed by atoms with van der Waals surface area (Å²) in [6.45, 7) is 4.16. The first-order valence-electron chi connectivity index (χ1n) is 7.48. The second kappa shape index (κ2) is 5.08. The van der Waals surface area contributed by atoms with E-state index in [-0.39, 0.29) is 5.92 Å². The smallest absolute Gasteiger partial charge is 0.169 e. The van der Waals surface area contributed by atoms with Gasteiger partial charge in [0.2, 0.25) is 0 Å². The lowest BCUT2D eigenvalue weighted by Crippen LogP contribution is -2.50. The fourth-order valence-corrected chi connectivity index (χ4v) is 3.46. The molecule has 0 aliphatic carbocycles. The minimum absolute atomic E-state index is 0.196. The third-order valence-electron chi connectivity index (χ3n) is 4.50. The first-order valence-corrected chi connectivity index (χ1v) is 7.48. The molecule has 2 unspecified atom stereocenters. The first-order chi connectivity index (χ1) is 9.13. The number of nitrogens with one attached hydrogen (secondary N) is 1. The van der Waals surface area contributed by atoms with Crippen molar-refractivity contribution in [2.45, 2.75) is 64.1 Å². The maximum atomic E-state index is 12.6. The molecular weight excluding hydrogens is 238 g/mol. The van der Waals surface area contributed by atoms with Gasteiger partial charge in [0.15, 0.2) is 5.78 Å². The molecule has 2 aliphatic rings. The summed E-state index contributed by atoms with van der Waals surface area (Å²) < 4.78 is 1.87. The summed E-state index contributed by atoms with van der Waals surface area (Å²) in [4.78, 5) is 12.6. The minimum Gasteiger partial charge on any atom is -0.311 e. The van der Waals surface area contributed by atoms with Crippen LogP contribution in [0.25, 0.3) is 0 Å². The maximum absolute atomic E-state index is 12.6. The van der Waals surface area contributed by atoms with Gasteiger partial charge in [0.25, 0.3) is 0 Å². The number of carbonyl (C=O) groups is 1. The number of aromatic nitrogens is 2. The van der Waals surface area contributed by atoms with Crippen molar-refractivity contribution in [1.29, 1.82) is 0 Å². The molecule has 1 N–H and O–H groups in total. The Morgan fingerprint density at radius 2 is 2.05 bits per heavy atom. The molecular formula is C15H23N3O. The van der Waals surface area contributed by atoms with Gasteiger partial charge in [0.1, 0.15) is 0 Å². The van der Waals surface area contributed by atoms with Crippen molar-refractivity contribution >= 4 is 5.78 Å². The standard InChI is InChI=1S/C15H23N3O/c1-10(2)18-9-12(8-16-18)15(19)11-6-13-4-3-5-14(7-11)17-13/h8-11,13-14,17H,3-7H2,1-2H3. The van der Waals surface area contributed by atoms with Crippen molar-refractivity contribution in [1.82, 2.24) is 15.1 Å². The average Bonchev–Trinajstić information content (AvgIpc) is 2.87. The summed E-state index contributed by atoms with van der Waals surface area (Å²) in [5.41, 5.74) is 0.790. The predicted molar refractivity (Wildman–Crippen MR) is 74.2 cm³/mol. The van der Waals surface area contributed by atoms with Crippen molar-refractivity contribution < 1.29 is 4.79 Å². The molecule has 0 amide bonds. The molecule has 2 bridgehead atoms. The molecule has 4 heteroatoms. The van der Waals surface area contributed by atoms with Crippen molar-refractivity contribution in [2.24, 2.45) is 5.92 Å². The van der Waals surface area contributed by atoms with Crippen LogP contribution in [0.5, 0.6) is 0 Å². The predicted octanol–water partition coefficient (Wildman–Crippen LogP) is 2.57. The molecule has 19 heavy (non-hydrogen) atoms. The van der Waals surface area contributed by atoms with Crippen LogP contribution < -0.4 is 5.32 Å². The van der Waals surface area contributed by atoms with Crippen LogP contribution >= 0.6 is 0 Å². The topological polar surface area (TPSA) is 46.9 Å². The average molecular weight is 261 g/mol. The lowest BCUT2D eigenvalue weighted by Gasteiger charge is -2.39. The maximum Gasteiger partial charge on any atom is 0.169 e. The van der Waals surface area contributed by atoms with Gasteiger partial charge in [-0.3, -0.25) is 9.48 Å². The second-order valence-corrected chi connectivity index (χ2v) is 6.33. The van der Waals surface area contributed by atoms with Gasteiger partial charge in [-0.1, -0.05) is 6.42 Å². The zero-order valence-electron chi connectivity index (χ0n) is 11.8. The molecule has 0 aromatic carbocycles. The molecule has 1 aromatic rings. The third kappa shape index (κ3) is 2.59. The largest absolute Gasteiger partial charge is 0.311 e. The number of rotatable bonds is 3. The van der Waals surface area contributed by atoms with Crippen LogP contribution in [-0.4, -0.2) is 27.6 Å². The number of hydrogen-bond donors (Lipinski definition) is 1. The lowest BCUT2D eigenvalue weighted by atomic mass is 9.77. The van der Waals surface area contributed by atoms with Crippen LogP contribution in [0.3, 0.4) is 0 Å². The fraction of sp³-hybridized carbons (Fsp3) is 0.733. The highest BCUT2D eigenvalue weighted by Gasteiger charge is 2.35. The van der Waals surface area contributed by atoms with E-state index in [2.05, 4.69) is 24.3 Å². The van der Waals surface area contributed by atoms with Crippen LogP contribution in [-0.2, 0) is 0 Å². The van der Waals surface area contributed by atoms with E-state index >= 15 is 0 Å². The highest BCUT2D eigenvalue weighted by Crippen LogP contribution is 2.31. The van der Waals surface area contributed by atoms with Gasteiger partial charge in [-0.15, -0.1) is 0 Å². The van der Waals surface area contributed by atoms with Crippen molar-refractivity contribution in [2.75, 3.05) is 0 Å². The Hall–Kier alpha value is -1.16. The highest BCUT2D eigenvalue weighted by molar-refractivity contribution is 5.97. The van der Waals surface area contributed by atoms with Gasteiger partial charge in [0.05, 0.1) is 11.8 Å². The number of piperidine rings is 2. The Labute approximate surface area is 114 Å². The second-order valence-electron chi connectivity index (χ2n) is 6.33. The van der Waals surface area contributed by atoms with E-state index < -0.39 is 0 Å². The molecule has 0 spiro atoms. The van der Waals surface area contributed by atoms with E-state index in [1.54, 1.807) is 6.20 Å². The van der Waals surface area contributed by atoms with Crippen LogP contribution in [0.4, 0.5) is 0 Å². The molecule has 104 valence electrons. The molecule has 0 radical (unpaired) electrons. The van der Waals surface area contributed by atoms with Crippen molar-refractivity contribution in [3.8, 4) is 0 Å². The third-order valence-corrected chi connectivity index (χ3v) is 4.50. The Balaban J connectivity index is 1.72. The summed E-state index contributed by atoms with van der Waals surface area (Å²) in [5, 5.41) is 7.92. The number of ketones is 1. The fourth-order valence-electron chi connectivity index (χ4n) is 3.46. The van der Waals surface area contributed by atoms with E-state index in [1.165, 1.54) is 19.3 Å². The molecule has 2 aliphatic heterocycles. The Morgan fingerprint density at radius 1 is 1.37 bits per heavy atom. The van der Waals surface area contributed by atoms with Gasteiger partial charge < -0.3 is 5.32 Å². The summed E-state index contributed by atoms with van der Waals surface area (Å²) in [5.74, 6) is 0.492. The normalized spacial score (nSPS) is 30.6. The first kappa shape index (κ1) is 12.9. The number of hydrogen-bond acceptors (Lipinski definition) is 3. The zero-order chi connectivity index (χ0) is 13.4. The highest BCUT2D eigenvalue weighted by atomic mass is 16.1. The molecule has 3 rings (SSSR count). The summed E-state index contributed by atoms with van der Waals surface area (Å²) in [6, 6.07) is 1.43. The van der Waals surface area contributed by atoms with Gasteiger partial charge in [-0.05, 0) is 39.5 Å². The summed E-state index contributed by atoms with van der Waals surface area (Å²) in [7, 11) is 0. The Kier molecular flexibility index (Phi) is 3.44. The zero-order valence-corrected chi connectivity index (χ0v) is 11.8. The van der Waals surface area contributed by atoms with E-state index in [9.17, 15) is 4.79 Å². The van der Waals surface area contributed by atoms with Crippen LogP contribution in [0.1, 0.15) is 62.4 Å². The van der Waals surface area contributed by atoms with Crippen molar-refractivity contribution in [3.05, 3.63) is 18.0 Å². The Bertz CT molecular complexity index is 454. The van der Waals surface area contributed by atoms with Crippen molar-refractivity contribution in [3.63, 3.8) is 0 Å². The molecule has 4 nitrogen and oxygen atoms in total.